The number of carbonyl (C=O) groups is 1. The summed E-state index contributed by atoms with van der Waals surface area (Å²) in [5.74, 6) is -0.600. The van der Waals surface area contributed by atoms with Gasteiger partial charge in [0.25, 0.3) is 5.91 Å². The van der Waals surface area contributed by atoms with Gasteiger partial charge >= 0.3 is 6.18 Å². The van der Waals surface area contributed by atoms with E-state index >= 15 is 0 Å². The van der Waals surface area contributed by atoms with Gasteiger partial charge in [0.2, 0.25) is 0 Å². The van der Waals surface area contributed by atoms with Crippen LogP contribution in [0.15, 0.2) is 0 Å². The van der Waals surface area contributed by atoms with E-state index in [1.54, 1.807) is 0 Å². The molecule has 1 atom stereocenters. The Balaban J connectivity index is 2.59. The molecule has 1 saturated heterocycles. The first-order chi connectivity index (χ1) is 8.55. The van der Waals surface area contributed by atoms with E-state index in [-0.39, 0.29) is 0 Å². The highest BCUT2D eigenvalue weighted by molar-refractivity contribution is 5.86. The van der Waals surface area contributed by atoms with Crippen LogP contribution in [0.3, 0.4) is 0 Å². The predicted octanol–water partition coefficient (Wildman–Crippen LogP) is 1.07. The minimum Gasteiger partial charge on any atom is -0.341 e. The van der Waals surface area contributed by atoms with E-state index in [1.165, 1.54) is 4.90 Å². The van der Waals surface area contributed by atoms with E-state index in [9.17, 15) is 18.0 Å². The molecule has 0 radical (unpaired) electrons. The van der Waals surface area contributed by atoms with Crippen LogP contribution in [0.25, 0.3) is 0 Å². The third-order valence-corrected chi connectivity index (χ3v) is 3.56. The van der Waals surface area contributed by atoms with Crippen molar-refractivity contribution in [3.63, 3.8) is 0 Å². The van der Waals surface area contributed by atoms with E-state index in [1.807, 2.05) is 19.0 Å². The van der Waals surface area contributed by atoms with Crippen LogP contribution in [0.2, 0.25) is 0 Å². The lowest BCUT2D eigenvalue weighted by Crippen LogP contribution is -2.63. The summed E-state index contributed by atoms with van der Waals surface area (Å²) in [5.41, 5.74) is 2.37. The molecule has 2 N–H and O–H groups in total. The Kier molecular flexibility index (Phi) is 4.84. The molecule has 1 aliphatic rings. The van der Waals surface area contributed by atoms with E-state index in [0.717, 1.165) is 26.3 Å². The van der Waals surface area contributed by atoms with Crippen molar-refractivity contribution in [3.05, 3.63) is 0 Å². The summed E-state index contributed by atoms with van der Waals surface area (Å²) in [4.78, 5) is 15.1. The first-order valence-corrected chi connectivity index (χ1v) is 6.35. The van der Waals surface area contributed by atoms with Crippen molar-refractivity contribution in [2.24, 2.45) is 11.7 Å². The van der Waals surface area contributed by atoms with Gasteiger partial charge in [0.1, 0.15) is 0 Å². The number of carbonyl (C=O) groups excluding carboxylic acids is 1. The average Bonchev–Trinajstić information content (AvgIpc) is 2.26. The number of amides is 1. The molecule has 112 valence electrons. The van der Waals surface area contributed by atoms with Gasteiger partial charge in [-0.05, 0) is 39.8 Å². The monoisotopic (exact) mass is 281 g/mol. The van der Waals surface area contributed by atoms with Crippen LogP contribution in [0.4, 0.5) is 13.2 Å². The number of rotatable bonds is 3. The van der Waals surface area contributed by atoms with Gasteiger partial charge in [-0.15, -0.1) is 0 Å². The molecular weight excluding hydrogens is 259 g/mol. The number of likely N-dealkylation sites (tertiary alicyclic amines) is 1. The van der Waals surface area contributed by atoms with Gasteiger partial charge in [-0.2, -0.15) is 13.2 Å². The molecule has 0 aliphatic carbocycles. The average molecular weight is 281 g/mol. The fourth-order valence-corrected chi connectivity index (χ4v) is 2.28. The molecule has 0 bridgehead atoms. The number of nitrogens with zero attached hydrogens (tertiary/aromatic N) is 2. The molecule has 1 heterocycles. The zero-order valence-electron chi connectivity index (χ0n) is 11.6. The molecule has 0 spiro atoms. The largest absolute Gasteiger partial charge is 0.415 e. The van der Waals surface area contributed by atoms with Crippen molar-refractivity contribution in [2.45, 2.75) is 31.5 Å². The number of halogens is 3. The van der Waals surface area contributed by atoms with Gasteiger partial charge in [0, 0.05) is 19.6 Å². The topological polar surface area (TPSA) is 49.6 Å². The van der Waals surface area contributed by atoms with Crippen molar-refractivity contribution in [1.29, 1.82) is 0 Å². The van der Waals surface area contributed by atoms with Gasteiger partial charge in [0.05, 0.1) is 0 Å². The second kappa shape index (κ2) is 5.66. The maximum Gasteiger partial charge on any atom is 0.415 e. The molecule has 7 heteroatoms. The molecule has 0 aromatic rings. The van der Waals surface area contributed by atoms with Crippen molar-refractivity contribution in [1.82, 2.24) is 9.80 Å². The summed E-state index contributed by atoms with van der Waals surface area (Å²) < 4.78 is 38.1. The molecule has 1 amide bonds. The van der Waals surface area contributed by atoms with E-state index in [0.29, 0.717) is 19.0 Å². The lowest BCUT2D eigenvalue weighted by Gasteiger charge is -2.38. The molecule has 0 aromatic carbocycles. The standard InChI is InChI=1S/C12H22F3N3O/c1-11(16,12(13,14)15)10(19)18-6-4-9(5-7-18)8-17(2)3/h9H,4-8,16H2,1-3H3. The van der Waals surface area contributed by atoms with Gasteiger partial charge in [-0.3, -0.25) is 4.79 Å². The first kappa shape index (κ1) is 16.2. The molecule has 1 rings (SSSR count). The normalized spacial score (nSPS) is 21.6. The summed E-state index contributed by atoms with van der Waals surface area (Å²) in [5, 5.41) is 0. The number of alkyl halides is 3. The zero-order valence-corrected chi connectivity index (χ0v) is 11.6. The highest BCUT2D eigenvalue weighted by Gasteiger charge is 2.55. The molecule has 0 aromatic heterocycles. The third-order valence-electron chi connectivity index (χ3n) is 3.56. The Morgan fingerprint density at radius 1 is 1.32 bits per heavy atom. The van der Waals surface area contributed by atoms with E-state index in [4.69, 9.17) is 5.73 Å². The zero-order chi connectivity index (χ0) is 14.8. The molecule has 1 unspecified atom stereocenters. The third kappa shape index (κ3) is 3.82. The fourth-order valence-electron chi connectivity index (χ4n) is 2.28. The Bertz CT molecular complexity index is 321. The number of hydrogen-bond acceptors (Lipinski definition) is 3. The molecule has 19 heavy (non-hydrogen) atoms. The smallest absolute Gasteiger partial charge is 0.341 e. The highest BCUT2D eigenvalue weighted by Crippen LogP contribution is 2.31. The van der Waals surface area contributed by atoms with Crippen molar-refractivity contribution >= 4 is 5.91 Å². The van der Waals surface area contributed by atoms with Crippen molar-refractivity contribution in [2.75, 3.05) is 33.7 Å². The summed E-state index contributed by atoms with van der Waals surface area (Å²) in [6.45, 7) is 2.32. The van der Waals surface area contributed by atoms with Crippen LogP contribution in [0, 0.1) is 5.92 Å². The lowest BCUT2D eigenvalue weighted by atomic mass is 9.93. The summed E-state index contributed by atoms with van der Waals surface area (Å²) in [6, 6.07) is 0. The second-order valence-corrected chi connectivity index (χ2v) is 5.70. The molecule has 1 aliphatic heterocycles. The SMILES string of the molecule is CN(C)CC1CCN(C(=O)C(C)(N)C(F)(F)F)CC1. The van der Waals surface area contributed by atoms with Crippen LogP contribution in [-0.4, -0.2) is 61.2 Å². The number of nitrogens with two attached hydrogens (primary N) is 1. The number of piperidine rings is 1. The van der Waals surface area contributed by atoms with Crippen molar-refractivity contribution in [3.8, 4) is 0 Å². The minimum atomic E-state index is -4.72. The lowest BCUT2D eigenvalue weighted by molar-refractivity contribution is -0.194. The van der Waals surface area contributed by atoms with Gasteiger partial charge in [0.15, 0.2) is 5.54 Å². The van der Waals surface area contributed by atoms with E-state index in [2.05, 4.69) is 0 Å². The van der Waals surface area contributed by atoms with Crippen LogP contribution in [0.5, 0.6) is 0 Å². The van der Waals surface area contributed by atoms with Crippen LogP contribution >= 0.6 is 0 Å². The van der Waals surface area contributed by atoms with Gasteiger partial charge < -0.3 is 15.5 Å². The Morgan fingerprint density at radius 2 is 1.79 bits per heavy atom. The fraction of sp³-hybridized carbons (Fsp3) is 0.917. The maximum atomic E-state index is 12.7. The summed E-state index contributed by atoms with van der Waals surface area (Å²) in [7, 11) is 3.91. The van der Waals surface area contributed by atoms with E-state index < -0.39 is 17.6 Å². The second-order valence-electron chi connectivity index (χ2n) is 5.70. The van der Waals surface area contributed by atoms with Crippen LogP contribution in [-0.2, 0) is 4.79 Å². The summed E-state index contributed by atoms with van der Waals surface area (Å²) >= 11 is 0. The molecule has 4 nitrogen and oxygen atoms in total. The number of hydrogen-bond donors (Lipinski definition) is 1. The molecule has 0 saturated carbocycles. The summed E-state index contributed by atoms with van der Waals surface area (Å²) in [6.07, 6.45) is -3.28. The van der Waals surface area contributed by atoms with Gasteiger partial charge in [-0.25, -0.2) is 0 Å². The predicted molar refractivity (Wildman–Crippen MR) is 66.5 cm³/mol. The van der Waals surface area contributed by atoms with Crippen molar-refractivity contribution < 1.29 is 18.0 Å². The van der Waals surface area contributed by atoms with Crippen LogP contribution < -0.4 is 5.73 Å². The Hall–Kier alpha value is -0.820. The maximum absolute atomic E-state index is 12.7. The molecule has 1 fully saturated rings. The molecular formula is C12H22F3N3O. The quantitative estimate of drug-likeness (QED) is 0.842. The highest BCUT2D eigenvalue weighted by atomic mass is 19.4. The first-order valence-electron chi connectivity index (χ1n) is 6.35. The Morgan fingerprint density at radius 3 is 2.16 bits per heavy atom. The van der Waals surface area contributed by atoms with Crippen LogP contribution in [0.1, 0.15) is 19.8 Å². The van der Waals surface area contributed by atoms with Gasteiger partial charge in [-0.1, -0.05) is 0 Å². The Labute approximate surface area is 111 Å². The minimum absolute atomic E-state index is 0.347.